The minimum atomic E-state index is -1.01. The Bertz CT molecular complexity index is 384. The number of nitrogens with zero attached hydrogens (tertiary/aromatic N) is 1. The van der Waals surface area contributed by atoms with Crippen molar-refractivity contribution in [2.45, 2.75) is 0 Å². The van der Waals surface area contributed by atoms with Crippen molar-refractivity contribution in [3.8, 4) is 0 Å². The Morgan fingerprint density at radius 3 is 2.57 bits per heavy atom. The summed E-state index contributed by atoms with van der Waals surface area (Å²) in [6, 6.07) is 1.61. The van der Waals surface area contributed by atoms with Crippen LogP contribution in [0.3, 0.4) is 0 Å². The molecule has 0 N–H and O–H groups in total. The van der Waals surface area contributed by atoms with Crippen LogP contribution in [0.25, 0.3) is 0 Å². The average Bonchev–Trinajstić information content (AvgIpc) is 2.07. The van der Waals surface area contributed by atoms with Gasteiger partial charge in [0.1, 0.15) is 5.82 Å². The summed E-state index contributed by atoms with van der Waals surface area (Å²) in [7, 11) is 0. The van der Waals surface area contributed by atoms with Crippen molar-refractivity contribution in [3.63, 3.8) is 0 Å². The van der Waals surface area contributed by atoms with Gasteiger partial charge in [-0.2, -0.15) is 0 Å². The number of nitro groups is 1. The van der Waals surface area contributed by atoms with Gasteiger partial charge in [-0.25, -0.2) is 4.39 Å². The van der Waals surface area contributed by atoms with Crippen LogP contribution in [0.4, 0.5) is 10.1 Å². The lowest BCUT2D eigenvalue weighted by molar-refractivity contribution is -0.385. The molecule has 0 aliphatic heterocycles. The molecule has 0 radical (unpaired) electrons. The van der Waals surface area contributed by atoms with Crippen molar-refractivity contribution in [2.75, 3.05) is 0 Å². The van der Waals surface area contributed by atoms with Gasteiger partial charge in [0.2, 0.25) is 0 Å². The maximum atomic E-state index is 13.0. The van der Waals surface area contributed by atoms with E-state index in [2.05, 4.69) is 15.9 Å². The number of carbonyl (C=O) groups excluding carboxylic acids is 1. The Balaban J connectivity index is 3.38. The number of carbonyl (C=O) groups is 1. The first-order valence-electron chi connectivity index (χ1n) is 3.26. The van der Waals surface area contributed by atoms with Gasteiger partial charge in [-0.05, 0) is 33.6 Å². The van der Waals surface area contributed by atoms with Gasteiger partial charge in [0.25, 0.3) is 10.9 Å². The highest BCUT2D eigenvalue weighted by Crippen LogP contribution is 2.28. The van der Waals surface area contributed by atoms with E-state index in [1.54, 1.807) is 0 Å². The molecule has 0 spiro atoms. The highest BCUT2D eigenvalue weighted by molar-refractivity contribution is 9.10. The molecule has 0 saturated heterocycles. The van der Waals surface area contributed by atoms with Crippen LogP contribution >= 0.6 is 27.5 Å². The van der Waals surface area contributed by atoms with Crippen molar-refractivity contribution >= 4 is 38.5 Å². The lowest BCUT2D eigenvalue weighted by atomic mass is 10.2. The summed E-state index contributed by atoms with van der Waals surface area (Å²) in [5.74, 6) is -1.01. The highest BCUT2D eigenvalue weighted by atomic mass is 79.9. The standard InChI is InChI=1S/C7H2BrClFNO3/c8-4-1-3(7(9)12)5(10)2-6(4)11(13)14/h1-2H. The number of nitro benzene ring substituents is 1. The maximum Gasteiger partial charge on any atom is 0.286 e. The van der Waals surface area contributed by atoms with Gasteiger partial charge in [-0.3, -0.25) is 14.9 Å². The van der Waals surface area contributed by atoms with Crippen LogP contribution in [0, 0.1) is 15.9 Å². The molecule has 0 aliphatic rings. The smallest absolute Gasteiger partial charge is 0.275 e. The van der Waals surface area contributed by atoms with Crippen molar-refractivity contribution in [2.24, 2.45) is 0 Å². The van der Waals surface area contributed by atoms with Crippen LogP contribution in [-0.4, -0.2) is 10.2 Å². The molecule has 14 heavy (non-hydrogen) atoms. The first-order valence-corrected chi connectivity index (χ1v) is 4.44. The van der Waals surface area contributed by atoms with Crippen LogP contribution < -0.4 is 0 Å². The molecule has 0 heterocycles. The lowest BCUT2D eigenvalue weighted by Gasteiger charge is -1.99. The lowest BCUT2D eigenvalue weighted by Crippen LogP contribution is -1.98. The minimum absolute atomic E-state index is 0.00731. The minimum Gasteiger partial charge on any atom is -0.275 e. The molecule has 74 valence electrons. The van der Waals surface area contributed by atoms with Gasteiger partial charge in [-0.15, -0.1) is 0 Å². The van der Waals surface area contributed by atoms with E-state index in [4.69, 9.17) is 11.6 Å². The summed E-state index contributed by atoms with van der Waals surface area (Å²) >= 11 is 7.87. The second-order valence-electron chi connectivity index (χ2n) is 2.31. The van der Waals surface area contributed by atoms with Crippen molar-refractivity contribution in [1.82, 2.24) is 0 Å². The van der Waals surface area contributed by atoms with Gasteiger partial charge in [0.15, 0.2) is 0 Å². The number of hydrogen-bond donors (Lipinski definition) is 0. The van der Waals surface area contributed by atoms with Crippen molar-refractivity contribution in [1.29, 1.82) is 0 Å². The molecule has 7 heteroatoms. The highest BCUT2D eigenvalue weighted by Gasteiger charge is 2.19. The third kappa shape index (κ3) is 2.08. The monoisotopic (exact) mass is 281 g/mol. The van der Waals surface area contributed by atoms with Gasteiger partial charge in [0, 0.05) is 0 Å². The van der Waals surface area contributed by atoms with Gasteiger partial charge >= 0.3 is 0 Å². The molecular weight excluding hydrogens is 280 g/mol. The number of hydrogen-bond acceptors (Lipinski definition) is 3. The molecule has 0 unspecified atom stereocenters. The molecule has 0 fully saturated rings. The van der Waals surface area contributed by atoms with Gasteiger partial charge in [0.05, 0.1) is 21.0 Å². The number of halogens is 3. The number of benzene rings is 1. The fourth-order valence-corrected chi connectivity index (χ4v) is 1.46. The predicted octanol–water partition coefficient (Wildman–Crippen LogP) is 2.88. The second kappa shape index (κ2) is 4.02. The summed E-state index contributed by atoms with van der Waals surface area (Å²) in [6.07, 6.45) is 0. The summed E-state index contributed by atoms with van der Waals surface area (Å²) in [4.78, 5) is 20.2. The molecule has 4 nitrogen and oxygen atoms in total. The Labute approximate surface area is 90.9 Å². The molecule has 1 aromatic carbocycles. The average molecular weight is 282 g/mol. The fraction of sp³-hybridized carbons (Fsp3) is 0. The predicted molar refractivity (Wildman–Crippen MR) is 50.9 cm³/mol. The van der Waals surface area contributed by atoms with Crippen LogP contribution in [0.1, 0.15) is 10.4 Å². The van der Waals surface area contributed by atoms with Crippen molar-refractivity contribution < 1.29 is 14.1 Å². The van der Waals surface area contributed by atoms with Crippen LogP contribution in [-0.2, 0) is 0 Å². The summed E-state index contributed by atoms with van der Waals surface area (Å²) in [5, 5.41) is 9.34. The van der Waals surface area contributed by atoms with Gasteiger partial charge < -0.3 is 0 Å². The van der Waals surface area contributed by atoms with E-state index in [-0.39, 0.29) is 4.47 Å². The number of rotatable bonds is 2. The molecule has 0 bridgehead atoms. The Morgan fingerprint density at radius 1 is 1.57 bits per heavy atom. The topological polar surface area (TPSA) is 60.2 Å². The Kier molecular flexibility index (Phi) is 3.17. The zero-order chi connectivity index (χ0) is 10.9. The Morgan fingerprint density at radius 2 is 2.14 bits per heavy atom. The maximum absolute atomic E-state index is 13.0. The third-order valence-electron chi connectivity index (χ3n) is 1.44. The summed E-state index contributed by atoms with van der Waals surface area (Å²) < 4.78 is 13.0. The molecule has 0 aromatic heterocycles. The zero-order valence-corrected chi connectivity index (χ0v) is 8.80. The van der Waals surface area contributed by atoms with E-state index in [0.29, 0.717) is 6.07 Å². The molecule has 0 amide bonds. The normalized spacial score (nSPS) is 9.93. The van der Waals surface area contributed by atoms with Crippen LogP contribution in [0.2, 0.25) is 0 Å². The largest absolute Gasteiger partial charge is 0.286 e. The van der Waals surface area contributed by atoms with E-state index < -0.39 is 27.2 Å². The SMILES string of the molecule is O=C(Cl)c1cc(Br)c([N+](=O)[O-])cc1F. The Hall–Kier alpha value is -1.01. The molecule has 1 aromatic rings. The van der Waals surface area contributed by atoms with Crippen molar-refractivity contribution in [3.05, 3.63) is 38.1 Å². The van der Waals surface area contributed by atoms with E-state index in [1.165, 1.54) is 0 Å². The zero-order valence-electron chi connectivity index (χ0n) is 6.46. The van der Waals surface area contributed by atoms with E-state index in [0.717, 1.165) is 6.07 Å². The molecule has 0 saturated carbocycles. The van der Waals surface area contributed by atoms with Crippen LogP contribution in [0.5, 0.6) is 0 Å². The van der Waals surface area contributed by atoms with E-state index in [9.17, 15) is 19.3 Å². The fourth-order valence-electron chi connectivity index (χ4n) is 0.827. The molecule has 0 atom stereocenters. The molecule has 0 aliphatic carbocycles. The van der Waals surface area contributed by atoms with E-state index >= 15 is 0 Å². The first kappa shape index (κ1) is 11.1. The summed E-state index contributed by atoms with van der Waals surface area (Å²) in [6.45, 7) is 0. The van der Waals surface area contributed by atoms with Gasteiger partial charge in [-0.1, -0.05) is 0 Å². The second-order valence-corrected chi connectivity index (χ2v) is 3.51. The molecular formula is C7H2BrClFNO3. The first-order chi connectivity index (χ1) is 6.43. The summed E-state index contributed by atoms with van der Waals surface area (Å²) in [5.41, 5.74) is -0.853. The molecule has 1 rings (SSSR count). The van der Waals surface area contributed by atoms with E-state index in [1.807, 2.05) is 0 Å². The third-order valence-corrected chi connectivity index (χ3v) is 2.28. The van der Waals surface area contributed by atoms with Crippen LogP contribution in [0.15, 0.2) is 16.6 Å². The quantitative estimate of drug-likeness (QED) is 0.476.